The molecule has 34 heavy (non-hydrogen) atoms. The standard InChI is InChI=1S/C24H26BrN7O2/c1-34-18-12-14(2-3-17(18)24(23(27)33)8-4-15(25)5-9-24)20-19-21(26)29-13-30-22(19)32(31-20)16-6-10-28-11-7-16/h2-5,8,12-13,16,28H,6-7,9-11H2,1H3,(H2,27,33)(H2,26,29,30). The summed E-state index contributed by atoms with van der Waals surface area (Å²) < 4.78 is 8.63. The van der Waals surface area contributed by atoms with Crippen LogP contribution in [0.2, 0.25) is 0 Å². The van der Waals surface area contributed by atoms with Crippen molar-refractivity contribution in [2.24, 2.45) is 5.73 Å². The molecule has 3 aromatic rings. The van der Waals surface area contributed by atoms with Gasteiger partial charge in [-0.25, -0.2) is 14.6 Å². The van der Waals surface area contributed by atoms with Crippen LogP contribution in [0.1, 0.15) is 30.9 Å². The second-order valence-corrected chi connectivity index (χ2v) is 9.52. The number of primary amides is 1. The second kappa shape index (κ2) is 8.84. The van der Waals surface area contributed by atoms with Crippen LogP contribution in [0.5, 0.6) is 5.75 Å². The van der Waals surface area contributed by atoms with Crippen molar-refractivity contribution in [3.8, 4) is 17.0 Å². The largest absolute Gasteiger partial charge is 0.496 e. The Kier molecular flexibility index (Phi) is 5.86. The Morgan fingerprint density at radius 3 is 2.76 bits per heavy atom. The van der Waals surface area contributed by atoms with Gasteiger partial charge in [-0.1, -0.05) is 46.3 Å². The van der Waals surface area contributed by atoms with E-state index < -0.39 is 11.3 Å². The van der Waals surface area contributed by atoms with Gasteiger partial charge in [0, 0.05) is 15.6 Å². The van der Waals surface area contributed by atoms with Crippen LogP contribution >= 0.6 is 15.9 Å². The van der Waals surface area contributed by atoms with Crippen molar-refractivity contribution in [2.75, 3.05) is 25.9 Å². The van der Waals surface area contributed by atoms with Crippen molar-refractivity contribution in [2.45, 2.75) is 30.7 Å². The first-order valence-electron chi connectivity index (χ1n) is 11.2. The Morgan fingerprint density at radius 1 is 1.29 bits per heavy atom. The Labute approximate surface area is 205 Å². The number of nitrogen functional groups attached to an aromatic ring is 1. The maximum absolute atomic E-state index is 12.6. The van der Waals surface area contributed by atoms with E-state index in [0.29, 0.717) is 34.6 Å². The van der Waals surface area contributed by atoms with E-state index >= 15 is 0 Å². The molecule has 0 saturated carbocycles. The zero-order valence-corrected chi connectivity index (χ0v) is 20.4. The third kappa shape index (κ3) is 3.67. The van der Waals surface area contributed by atoms with E-state index in [1.165, 1.54) is 6.33 Å². The molecule has 5 rings (SSSR count). The fraction of sp³-hybridized carbons (Fsp3) is 0.333. The van der Waals surface area contributed by atoms with Gasteiger partial charge >= 0.3 is 0 Å². The van der Waals surface area contributed by atoms with Crippen LogP contribution in [0.3, 0.4) is 0 Å². The van der Waals surface area contributed by atoms with Crippen molar-refractivity contribution >= 4 is 38.7 Å². The predicted molar refractivity (Wildman–Crippen MR) is 135 cm³/mol. The molecular weight excluding hydrogens is 498 g/mol. The number of carbonyl (C=O) groups is 1. The van der Waals surface area contributed by atoms with E-state index in [1.54, 1.807) is 7.11 Å². The van der Waals surface area contributed by atoms with Crippen LogP contribution in [-0.4, -0.2) is 45.9 Å². The molecule has 10 heteroatoms. The van der Waals surface area contributed by atoms with Crippen molar-refractivity contribution in [3.05, 3.63) is 52.8 Å². The molecule has 5 N–H and O–H groups in total. The molecule has 1 aliphatic heterocycles. The molecule has 1 amide bonds. The van der Waals surface area contributed by atoms with Gasteiger partial charge < -0.3 is 21.5 Å². The molecule has 1 unspecified atom stereocenters. The van der Waals surface area contributed by atoms with Crippen LogP contribution in [0, 0.1) is 0 Å². The Balaban J connectivity index is 1.65. The number of allylic oxidation sites excluding steroid dienone is 3. The number of halogens is 1. The number of hydrogen-bond donors (Lipinski definition) is 3. The smallest absolute Gasteiger partial charge is 0.232 e. The average Bonchev–Trinajstić information content (AvgIpc) is 3.26. The van der Waals surface area contributed by atoms with Crippen LogP contribution in [0.15, 0.2) is 47.2 Å². The van der Waals surface area contributed by atoms with E-state index in [0.717, 1.165) is 41.6 Å². The zero-order chi connectivity index (χ0) is 23.9. The highest BCUT2D eigenvalue weighted by atomic mass is 79.9. The summed E-state index contributed by atoms with van der Waals surface area (Å²) in [6.07, 6.45) is 9.42. The lowest BCUT2D eigenvalue weighted by atomic mass is 9.74. The van der Waals surface area contributed by atoms with Gasteiger partial charge in [0.15, 0.2) is 5.65 Å². The van der Waals surface area contributed by atoms with Gasteiger partial charge in [-0.05, 0) is 38.4 Å². The molecule has 2 aliphatic rings. The number of fused-ring (bicyclic) bond motifs is 1. The van der Waals surface area contributed by atoms with Gasteiger partial charge in [-0.3, -0.25) is 4.79 Å². The second-order valence-electron chi connectivity index (χ2n) is 8.61. The monoisotopic (exact) mass is 523 g/mol. The first-order valence-corrected chi connectivity index (χ1v) is 12.0. The Hall–Kier alpha value is -3.24. The molecule has 1 fully saturated rings. The van der Waals surface area contributed by atoms with Gasteiger partial charge in [0.1, 0.15) is 23.6 Å². The molecule has 1 aliphatic carbocycles. The average molecular weight is 524 g/mol. The molecule has 0 radical (unpaired) electrons. The molecule has 1 atom stereocenters. The van der Waals surface area contributed by atoms with Crippen LogP contribution in [-0.2, 0) is 10.2 Å². The summed E-state index contributed by atoms with van der Waals surface area (Å²) in [5, 5.41) is 9.05. The zero-order valence-electron chi connectivity index (χ0n) is 18.8. The number of nitrogens with two attached hydrogens (primary N) is 2. The normalized spacial score (nSPS) is 20.9. The quantitative estimate of drug-likeness (QED) is 0.467. The third-order valence-electron chi connectivity index (χ3n) is 6.71. The van der Waals surface area contributed by atoms with E-state index in [2.05, 4.69) is 31.2 Å². The summed E-state index contributed by atoms with van der Waals surface area (Å²) in [7, 11) is 1.58. The first-order chi connectivity index (χ1) is 16.4. The van der Waals surface area contributed by atoms with Crippen molar-refractivity contribution in [1.82, 2.24) is 25.1 Å². The van der Waals surface area contributed by atoms with Crippen LogP contribution in [0.25, 0.3) is 22.3 Å². The number of nitrogens with zero attached hydrogens (tertiary/aromatic N) is 4. The Morgan fingerprint density at radius 2 is 2.09 bits per heavy atom. The van der Waals surface area contributed by atoms with Gasteiger partial charge in [-0.2, -0.15) is 5.10 Å². The summed E-state index contributed by atoms with van der Waals surface area (Å²) in [4.78, 5) is 21.4. The van der Waals surface area contributed by atoms with Crippen LogP contribution < -0.4 is 21.5 Å². The lowest BCUT2D eigenvalue weighted by molar-refractivity contribution is -0.121. The summed E-state index contributed by atoms with van der Waals surface area (Å²) in [5.74, 6) is 0.485. The van der Waals surface area contributed by atoms with Gasteiger partial charge in [0.25, 0.3) is 0 Å². The summed E-state index contributed by atoms with van der Waals surface area (Å²) in [6.45, 7) is 1.86. The number of ether oxygens (including phenoxy) is 1. The number of amides is 1. The van der Waals surface area contributed by atoms with Crippen molar-refractivity contribution in [1.29, 1.82) is 0 Å². The molecule has 1 saturated heterocycles. The van der Waals surface area contributed by atoms with Gasteiger partial charge in [-0.15, -0.1) is 0 Å². The molecule has 9 nitrogen and oxygen atoms in total. The number of methoxy groups -OCH3 is 1. The summed E-state index contributed by atoms with van der Waals surface area (Å²) >= 11 is 3.46. The highest BCUT2D eigenvalue weighted by molar-refractivity contribution is 9.11. The van der Waals surface area contributed by atoms with E-state index in [4.69, 9.17) is 21.3 Å². The maximum atomic E-state index is 12.6. The lowest BCUT2D eigenvalue weighted by Crippen LogP contribution is -2.40. The van der Waals surface area contributed by atoms with E-state index in [1.807, 2.05) is 41.1 Å². The Bertz CT molecular complexity index is 1330. The minimum atomic E-state index is -1.00. The number of aromatic nitrogens is 4. The number of nitrogens with one attached hydrogen (secondary N) is 1. The number of piperidine rings is 1. The summed E-state index contributed by atoms with van der Waals surface area (Å²) in [5.41, 5.74) is 14.1. The number of rotatable bonds is 5. The highest BCUT2D eigenvalue weighted by Gasteiger charge is 2.39. The van der Waals surface area contributed by atoms with Gasteiger partial charge in [0.05, 0.1) is 24.0 Å². The molecule has 2 aromatic heterocycles. The number of anilines is 1. The molecule has 1 aromatic carbocycles. The third-order valence-corrected chi connectivity index (χ3v) is 7.30. The minimum Gasteiger partial charge on any atom is -0.496 e. The first kappa shape index (κ1) is 22.5. The van der Waals surface area contributed by atoms with Crippen molar-refractivity contribution in [3.63, 3.8) is 0 Å². The molecule has 3 heterocycles. The van der Waals surface area contributed by atoms with E-state index in [9.17, 15) is 4.79 Å². The molecule has 0 spiro atoms. The van der Waals surface area contributed by atoms with Gasteiger partial charge in [0.2, 0.25) is 5.91 Å². The molecule has 176 valence electrons. The molecule has 0 bridgehead atoms. The highest BCUT2D eigenvalue weighted by Crippen LogP contribution is 2.42. The minimum absolute atomic E-state index is 0.226. The van der Waals surface area contributed by atoms with Crippen molar-refractivity contribution < 1.29 is 9.53 Å². The van der Waals surface area contributed by atoms with Crippen LogP contribution in [0.4, 0.5) is 5.82 Å². The topological polar surface area (TPSA) is 134 Å². The summed E-state index contributed by atoms with van der Waals surface area (Å²) in [6, 6.07) is 5.90. The number of carbonyl (C=O) groups excluding carboxylic acids is 1. The maximum Gasteiger partial charge on any atom is 0.232 e. The van der Waals surface area contributed by atoms with E-state index in [-0.39, 0.29) is 6.04 Å². The number of benzene rings is 1. The SMILES string of the molecule is COc1cc(-c2nn(C3CCNCC3)c3ncnc(N)c23)ccc1C1(C(N)=O)C=CC(Br)=CC1. The lowest BCUT2D eigenvalue weighted by Gasteiger charge is -2.30. The fourth-order valence-electron chi connectivity index (χ4n) is 4.84. The molecular formula is C24H26BrN7O2. The number of hydrogen-bond acceptors (Lipinski definition) is 7. The predicted octanol–water partition coefficient (Wildman–Crippen LogP) is 2.97. The fourth-order valence-corrected chi connectivity index (χ4v) is 5.14.